The smallest absolute Gasteiger partial charge is 0.253 e. The van der Waals surface area contributed by atoms with Gasteiger partial charge >= 0.3 is 0 Å². The number of hydrogen-bond donors (Lipinski definition) is 2. The van der Waals surface area contributed by atoms with Crippen LogP contribution >= 0.6 is 24.8 Å². The standard InChI is InChI=1S/C26H29N5O2.2ClH/c32-25(30-15-17-31(18-16-30)26(33)21-11-13-27-14-12-21)20-8-5-19(6-9-20)7-10-24-22-3-1-2-4-23(22)28-29-24;;/h1-10,21,27H,11-18H2,(H,28,29);2*1H. The molecule has 0 unspecified atom stereocenters. The maximum absolute atomic E-state index is 13.0. The van der Waals surface area contributed by atoms with Crippen LogP contribution in [-0.4, -0.2) is 71.1 Å². The lowest BCUT2D eigenvalue weighted by Gasteiger charge is -2.37. The Hall–Kier alpha value is -2.87. The average molecular weight is 516 g/mol. The number of amides is 2. The van der Waals surface area contributed by atoms with Crippen LogP contribution in [0.3, 0.4) is 0 Å². The molecule has 3 heterocycles. The summed E-state index contributed by atoms with van der Waals surface area (Å²) in [5.41, 5.74) is 3.59. The monoisotopic (exact) mass is 515 g/mol. The normalized spacial score (nSPS) is 16.7. The highest BCUT2D eigenvalue weighted by molar-refractivity contribution is 5.95. The summed E-state index contributed by atoms with van der Waals surface area (Å²) in [7, 11) is 0. The zero-order chi connectivity index (χ0) is 22.6. The zero-order valence-corrected chi connectivity index (χ0v) is 21.1. The third-order valence-corrected chi connectivity index (χ3v) is 6.66. The SMILES string of the molecule is Cl.Cl.O=C(c1ccc(C=Cc2n[nH]c3ccccc23)cc1)N1CCN(C(=O)C2CCNCC2)CC1. The quantitative estimate of drug-likeness (QED) is 0.552. The molecule has 186 valence electrons. The zero-order valence-electron chi connectivity index (χ0n) is 19.5. The van der Waals surface area contributed by atoms with Crippen LogP contribution in [0.25, 0.3) is 23.1 Å². The molecule has 2 saturated heterocycles. The molecule has 35 heavy (non-hydrogen) atoms. The highest BCUT2D eigenvalue weighted by atomic mass is 35.5. The van der Waals surface area contributed by atoms with Gasteiger partial charge in [0.05, 0.1) is 11.2 Å². The predicted octanol–water partition coefficient (Wildman–Crippen LogP) is 3.86. The van der Waals surface area contributed by atoms with Crippen molar-refractivity contribution in [2.24, 2.45) is 5.92 Å². The van der Waals surface area contributed by atoms with Crippen molar-refractivity contribution in [1.29, 1.82) is 0 Å². The maximum atomic E-state index is 13.0. The van der Waals surface area contributed by atoms with E-state index in [2.05, 4.69) is 15.5 Å². The van der Waals surface area contributed by atoms with E-state index in [4.69, 9.17) is 0 Å². The number of rotatable bonds is 4. The molecule has 0 aliphatic carbocycles. The van der Waals surface area contributed by atoms with Crippen molar-refractivity contribution in [2.75, 3.05) is 39.3 Å². The minimum atomic E-state index is 0. The number of aromatic amines is 1. The van der Waals surface area contributed by atoms with Gasteiger partial charge in [-0.05, 0) is 55.8 Å². The van der Waals surface area contributed by atoms with Crippen molar-refractivity contribution in [1.82, 2.24) is 25.3 Å². The maximum Gasteiger partial charge on any atom is 0.253 e. The topological polar surface area (TPSA) is 81.3 Å². The van der Waals surface area contributed by atoms with E-state index in [9.17, 15) is 9.59 Å². The Morgan fingerprint density at radius 2 is 1.51 bits per heavy atom. The fraction of sp³-hybridized carbons (Fsp3) is 0.346. The Morgan fingerprint density at radius 3 is 2.23 bits per heavy atom. The van der Waals surface area contributed by atoms with E-state index in [0.717, 1.165) is 48.1 Å². The summed E-state index contributed by atoms with van der Waals surface area (Å²) in [6.45, 7) is 4.24. The van der Waals surface area contributed by atoms with Crippen molar-refractivity contribution in [3.05, 3.63) is 65.4 Å². The van der Waals surface area contributed by atoms with Gasteiger partial charge in [0, 0.05) is 43.0 Å². The molecular weight excluding hydrogens is 485 g/mol. The average Bonchev–Trinajstić information content (AvgIpc) is 3.31. The highest BCUT2D eigenvalue weighted by Crippen LogP contribution is 2.19. The van der Waals surface area contributed by atoms with Crippen LogP contribution in [0.1, 0.15) is 34.5 Å². The fourth-order valence-corrected chi connectivity index (χ4v) is 4.66. The second-order valence-corrected chi connectivity index (χ2v) is 8.75. The van der Waals surface area contributed by atoms with Crippen LogP contribution in [-0.2, 0) is 4.79 Å². The van der Waals surface area contributed by atoms with Crippen molar-refractivity contribution in [3.8, 4) is 0 Å². The molecule has 0 atom stereocenters. The molecule has 2 N–H and O–H groups in total. The lowest BCUT2D eigenvalue weighted by molar-refractivity contribution is -0.137. The number of hydrogen-bond acceptors (Lipinski definition) is 4. The van der Waals surface area contributed by atoms with Crippen LogP contribution in [0, 0.1) is 5.92 Å². The molecule has 1 aromatic heterocycles. The molecule has 0 radical (unpaired) electrons. The van der Waals surface area contributed by atoms with Crippen LogP contribution in [0.2, 0.25) is 0 Å². The number of H-pyrrole nitrogens is 1. The summed E-state index contributed by atoms with van der Waals surface area (Å²) in [6, 6.07) is 15.7. The first-order chi connectivity index (χ1) is 16.2. The Kier molecular flexibility index (Phi) is 9.32. The van der Waals surface area contributed by atoms with Gasteiger partial charge in [-0.3, -0.25) is 14.7 Å². The van der Waals surface area contributed by atoms with Crippen molar-refractivity contribution < 1.29 is 9.59 Å². The highest BCUT2D eigenvalue weighted by Gasteiger charge is 2.29. The van der Waals surface area contributed by atoms with Crippen molar-refractivity contribution in [3.63, 3.8) is 0 Å². The Balaban J connectivity index is 0.00000171. The van der Waals surface area contributed by atoms with E-state index in [0.29, 0.717) is 31.7 Å². The van der Waals surface area contributed by atoms with Gasteiger partial charge in [0.15, 0.2) is 0 Å². The number of para-hydroxylation sites is 1. The molecule has 0 spiro atoms. The molecule has 2 aliphatic rings. The lowest BCUT2D eigenvalue weighted by atomic mass is 9.96. The summed E-state index contributed by atoms with van der Waals surface area (Å²) in [6.07, 6.45) is 5.81. The van der Waals surface area contributed by atoms with E-state index in [1.807, 2.05) is 70.5 Å². The molecule has 3 aromatic rings. The van der Waals surface area contributed by atoms with Gasteiger partial charge in [-0.15, -0.1) is 24.8 Å². The molecule has 2 aliphatic heterocycles. The first-order valence-corrected chi connectivity index (χ1v) is 11.7. The van der Waals surface area contributed by atoms with E-state index in [1.54, 1.807) is 0 Å². The first kappa shape index (κ1) is 26.7. The minimum absolute atomic E-state index is 0. The minimum Gasteiger partial charge on any atom is -0.339 e. The van der Waals surface area contributed by atoms with E-state index in [1.165, 1.54) is 0 Å². The summed E-state index contributed by atoms with van der Waals surface area (Å²) in [4.78, 5) is 29.5. The third-order valence-electron chi connectivity index (χ3n) is 6.66. The molecule has 7 nitrogen and oxygen atoms in total. The number of aromatic nitrogens is 2. The molecule has 2 fully saturated rings. The Labute approximate surface area is 217 Å². The largest absolute Gasteiger partial charge is 0.339 e. The number of nitrogens with zero attached hydrogens (tertiary/aromatic N) is 3. The summed E-state index contributed by atoms with van der Waals surface area (Å²) in [5, 5.41) is 11.8. The summed E-state index contributed by atoms with van der Waals surface area (Å²) in [5.74, 6) is 0.413. The second kappa shape index (κ2) is 12.2. The second-order valence-electron chi connectivity index (χ2n) is 8.75. The number of carbonyl (C=O) groups is 2. The predicted molar refractivity (Wildman–Crippen MR) is 144 cm³/mol. The number of nitrogens with one attached hydrogen (secondary N) is 2. The lowest BCUT2D eigenvalue weighted by Crippen LogP contribution is -2.52. The van der Waals surface area contributed by atoms with Gasteiger partial charge in [-0.1, -0.05) is 36.4 Å². The molecule has 9 heteroatoms. The molecule has 2 amide bonds. The number of fused-ring (bicyclic) bond motifs is 1. The Morgan fingerprint density at radius 1 is 0.857 bits per heavy atom. The summed E-state index contributed by atoms with van der Waals surface area (Å²) >= 11 is 0. The molecule has 0 saturated carbocycles. The summed E-state index contributed by atoms with van der Waals surface area (Å²) < 4.78 is 0. The van der Waals surface area contributed by atoms with Gasteiger partial charge in [0.25, 0.3) is 5.91 Å². The molecule has 5 rings (SSSR count). The van der Waals surface area contributed by atoms with Gasteiger partial charge in [-0.2, -0.15) is 5.10 Å². The number of halogens is 2. The number of piperazine rings is 1. The molecular formula is C26H31Cl2N5O2. The van der Waals surface area contributed by atoms with E-state index in [-0.39, 0.29) is 42.5 Å². The van der Waals surface area contributed by atoms with Crippen LogP contribution in [0.4, 0.5) is 0 Å². The van der Waals surface area contributed by atoms with Gasteiger partial charge < -0.3 is 15.1 Å². The van der Waals surface area contributed by atoms with E-state index >= 15 is 0 Å². The third kappa shape index (κ3) is 6.04. The van der Waals surface area contributed by atoms with Crippen LogP contribution in [0.15, 0.2) is 48.5 Å². The van der Waals surface area contributed by atoms with Crippen LogP contribution in [0.5, 0.6) is 0 Å². The number of benzene rings is 2. The van der Waals surface area contributed by atoms with Gasteiger partial charge in [0.1, 0.15) is 0 Å². The van der Waals surface area contributed by atoms with Gasteiger partial charge in [-0.25, -0.2) is 0 Å². The van der Waals surface area contributed by atoms with E-state index < -0.39 is 0 Å². The molecule has 2 aromatic carbocycles. The Bertz CT molecular complexity index is 1160. The first-order valence-electron chi connectivity index (χ1n) is 11.7. The fourth-order valence-electron chi connectivity index (χ4n) is 4.66. The van der Waals surface area contributed by atoms with Crippen molar-refractivity contribution in [2.45, 2.75) is 12.8 Å². The van der Waals surface area contributed by atoms with Crippen LogP contribution < -0.4 is 5.32 Å². The number of piperidine rings is 1. The van der Waals surface area contributed by atoms with Crippen molar-refractivity contribution >= 4 is 59.7 Å². The van der Waals surface area contributed by atoms with Gasteiger partial charge in [0.2, 0.25) is 5.91 Å². The number of carbonyl (C=O) groups excluding carboxylic acids is 2. The molecule has 0 bridgehead atoms.